The van der Waals surface area contributed by atoms with Gasteiger partial charge < -0.3 is 14.2 Å². The van der Waals surface area contributed by atoms with Crippen molar-refractivity contribution < 1.29 is 9.13 Å². The number of aliphatic imine (C=N–C) groups is 1. The van der Waals surface area contributed by atoms with E-state index in [1.165, 1.54) is 12.1 Å². The summed E-state index contributed by atoms with van der Waals surface area (Å²) in [6, 6.07) is 8.71. The van der Waals surface area contributed by atoms with Crippen LogP contribution in [0.3, 0.4) is 0 Å². The second-order valence-electron chi connectivity index (χ2n) is 6.00. The van der Waals surface area contributed by atoms with Gasteiger partial charge in [0.25, 0.3) is 0 Å². The lowest BCUT2D eigenvalue weighted by Gasteiger charge is -2.41. The van der Waals surface area contributed by atoms with Crippen LogP contribution in [0.4, 0.5) is 10.1 Å². The maximum Gasteiger partial charge on any atom is 0.213 e. The van der Waals surface area contributed by atoms with Crippen LogP contribution in [0.25, 0.3) is 11.0 Å². The van der Waals surface area contributed by atoms with Gasteiger partial charge in [-0.1, -0.05) is 11.8 Å². The molecule has 1 aromatic carbocycles. The molecule has 134 valence electrons. The Hall–Kier alpha value is -2.61. The summed E-state index contributed by atoms with van der Waals surface area (Å²) >= 11 is 1.61. The van der Waals surface area contributed by atoms with Crippen LogP contribution in [0.5, 0.6) is 5.88 Å². The third-order valence-electron chi connectivity index (χ3n) is 4.40. The Morgan fingerprint density at radius 3 is 2.81 bits per heavy atom. The largest absolute Gasteiger partial charge is 0.481 e. The molecule has 1 aliphatic rings. The monoisotopic (exact) mass is 371 g/mol. The maximum absolute atomic E-state index is 13.3. The Morgan fingerprint density at radius 2 is 2.12 bits per heavy atom. The van der Waals surface area contributed by atoms with Gasteiger partial charge in [-0.25, -0.2) is 19.4 Å². The molecule has 0 radical (unpaired) electrons. The van der Waals surface area contributed by atoms with E-state index in [-0.39, 0.29) is 5.82 Å². The number of methoxy groups -OCH3 is 1. The van der Waals surface area contributed by atoms with E-state index in [2.05, 4.69) is 24.4 Å². The van der Waals surface area contributed by atoms with E-state index in [0.29, 0.717) is 17.4 Å². The minimum atomic E-state index is -0.261. The van der Waals surface area contributed by atoms with Crippen molar-refractivity contribution in [3.05, 3.63) is 48.7 Å². The number of halogens is 1. The molecular formula is C18H18FN5OS. The minimum absolute atomic E-state index is 0.261. The Balaban J connectivity index is 1.48. The average molecular weight is 371 g/mol. The molecule has 4 rings (SSSR count). The molecule has 0 aliphatic carbocycles. The summed E-state index contributed by atoms with van der Waals surface area (Å²) in [6.45, 7) is 1.68. The summed E-state index contributed by atoms with van der Waals surface area (Å²) in [5.41, 5.74) is 2.44. The number of rotatable bonds is 3. The highest BCUT2D eigenvalue weighted by atomic mass is 32.2. The Labute approximate surface area is 154 Å². The number of benzene rings is 1. The number of imidazole rings is 1. The quantitative estimate of drug-likeness (QED) is 0.521. The summed E-state index contributed by atoms with van der Waals surface area (Å²) in [4.78, 5) is 15.4. The average Bonchev–Trinajstić information content (AvgIpc) is 3.03. The fourth-order valence-electron chi connectivity index (χ4n) is 3.00. The molecule has 0 unspecified atom stereocenters. The molecule has 3 heterocycles. The van der Waals surface area contributed by atoms with Gasteiger partial charge in [0.05, 0.1) is 42.4 Å². The van der Waals surface area contributed by atoms with Gasteiger partial charge in [-0.15, -0.1) is 0 Å². The third-order valence-corrected chi connectivity index (χ3v) is 5.11. The molecule has 0 saturated carbocycles. The maximum atomic E-state index is 13.3. The van der Waals surface area contributed by atoms with Gasteiger partial charge in [0.1, 0.15) is 5.82 Å². The molecule has 8 heteroatoms. The van der Waals surface area contributed by atoms with Gasteiger partial charge in [-0.3, -0.25) is 0 Å². The van der Waals surface area contributed by atoms with Crippen molar-refractivity contribution in [3.8, 4) is 5.88 Å². The number of pyridine rings is 1. The first-order valence-corrected chi connectivity index (χ1v) is 9.40. The van der Waals surface area contributed by atoms with E-state index in [4.69, 9.17) is 4.74 Å². The van der Waals surface area contributed by atoms with Crippen LogP contribution in [-0.4, -0.2) is 51.1 Å². The van der Waals surface area contributed by atoms with Gasteiger partial charge >= 0.3 is 0 Å². The standard InChI is InChI=1S/C18H18FN5OS/c1-25-17-6-4-13(8-20-17)22-18(26-2)23-9-14(10-23)24-11-21-15-7-12(19)3-5-16(15)24/h3-8,11,14H,9-10H2,1-2H3. The van der Waals surface area contributed by atoms with Crippen LogP contribution in [0, 0.1) is 5.82 Å². The van der Waals surface area contributed by atoms with E-state index >= 15 is 0 Å². The van der Waals surface area contributed by atoms with Crippen LogP contribution >= 0.6 is 11.8 Å². The first-order chi connectivity index (χ1) is 12.7. The molecule has 0 N–H and O–H groups in total. The zero-order valence-electron chi connectivity index (χ0n) is 14.5. The lowest BCUT2D eigenvalue weighted by molar-refractivity contribution is 0.200. The fourth-order valence-corrected chi connectivity index (χ4v) is 3.60. The van der Waals surface area contributed by atoms with E-state index in [9.17, 15) is 4.39 Å². The predicted molar refractivity (Wildman–Crippen MR) is 102 cm³/mol. The lowest BCUT2D eigenvalue weighted by Crippen LogP contribution is -2.49. The minimum Gasteiger partial charge on any atom is -0.481 e. The summed E-state index contributed by atoms with van der Waals surface area (Å²) in [6.07, 6.45) is 5.50. The van der Waals surface area contributed by atoms with Crippen molar-refractivity contribution >= 4 is 33.7 Å². The van der Waals surface area contributed by atoms with Crippen LogP contribution in [0.15, 0.2) is 47.8 Å². The topological polar surface area (TPSA) is 55.5 Å². The van der Waals surface area contributed by atoms with Crippen molar-refractivity contribution in [2.45, 2.75) is 6.04 Å². The van der Waals surface area contributed by atoms with Crippen LogP contribution in [0.1, 0.15) is 6.04 Å². The van der Waals surface area contributed by atoms with Crippen molar-refractivity contribution in [2.24, 2.45) is 4.99 Å². The first-order valence-electron chi connectivity index (χ1n) is 8.17. The summed E-state index contributed by atoms with van der Waals surface area (Å²) in [5, 5.41) is 0.948. The molecule has 1 fully saturated rings. The highest BCUT2D eigenvalue weighted by Crippen LogP contribution is 2.29. The van der Waals surface area contributed by atoms with Gasteiger partial charge in [0, 0.05) is 25.2 Å². The molecule has 3 aromatic rings. The van der Waals surface area contributed by atoms with E-state index < -0.39 is 0 Å². The number of fused-ring (bicyclic) bond motifs is 1. The predicted octanol–water partition coefficient (Wildman–Crippen LogP) is 3.49. The van der Waals surface area contributed by atoms with Gasteiger partial charge in [-0.05, 0) is 24.5 Å². The Morgan fingerprint density at radius 1 is 1.27 bits per heavy atom. The normalized spacial score (nSPS) is 15.3. The number of likely N-dealkylation sites (tertiary alicyclic amines) is 1. The van der Waals surface area contributed by atoms with E-state index in [0.717, 1.165) is 29.5 Å². The number of nitrogens with zero attached hydrogens (tertiary/aromatic N) is 5. The molecule has 26 heavy (non-hydrogen) atoms. The van der Waals surface area contributed by atoms with Crippen molar-refractivity contribution in [1.29, 1.82) is 0 Å². The molecule has 1 saturated heterocycles. The summed E-state index contributed by atoms with van der Waals surface area (Å²) < 4.78 is 20.5. The summed E-state index contributed by atoms with van der Waals surface area (Å²) in [7, 11) is 1.59. The second kappa shape index (κ2) is 6.95. The second-order valence-corrected chi connectivity index (χ2v) is 6.77. The van der Waals surface area contributed by atoms with E-state index in [1.54, 1.807) is 43.5 Å². The zero-order chi connectivity index (χ0) is 18.1. The van der Waals surface area contributed by atoms with Crippen LogP contribution in [-0.2, 0) is 0 Å². The Kier molecular flexibility index (Phi) is 4.50. The molecule has 1 aliphatic heterocycles. The van der Waals surface area contributed by atoms with Gasteiger partial charge in [0.2, 0.25) is 5.88 Å². The van der Waals surface area contributed by atoms with Gasteiger partial charge in [0.15, 0.2) is 5.17 Å². The lowest BCUT2D eigenvalue weighted by atomic mass is 10.1. The van der Waals surface area contributed by atoms with Gasteiger partial charge in [-0.2, -0.15) is 0 Å². The molecule has 2 aromatic heterocycles. The molecule has 0 bridgehead atoms. The molecule has 0 amide bonds. The molecule has 0 spiro atoms. The van der Waals surface area contributed by atoms with E-state index in [1.807, 2.05) is 12.3 Å². The number of thioether (sulfide) groups is 1. The smallest absolute Gasteiger partial charge is 0.213 e. The zero-order valence-corrected chi connectivity index (χ0v) is 15.3. The Bertz CT molecular complexity index is 950. The van der Waals surface area contributed by atoms with Crippen molar-refractivity contribution in [1.82, 2.24) is 19.4 Å². The fraction of sp³-hybridized carbons (Fsp3) is 0.278. The van der Waals surface area contributed by atoms with Crippen molar-refractivity contribution in [3.63, 3.8) is 0 Å². The number of hydrogen-bond acceptors (Lipinski definition) is 5. The molecular weight excluding hydrogens is 353 g/mol. The van der Waals surface area contributed by atoms with Crippen LogP contribution < -0.4 is 4.74 Å². The SMILES string of the molecule is COc1ccc(N=C(SC)N2CC(n3cnc4cc(F)ccc43)C2)cn1. The third kappa shape index (κ3) is 3.12. The highest BCUT2D eigenvalue weighted by molar-refractivity contribution is 8.13. The van der Waals surface area contributed by atoms with Crippen LogP contribution in [0.2, 0.25) is 0 Å². The molecule has 6 nitrogen and oxygen atoms in total. The highest BCUT2D eigenvalue weighted by Gasteiger charge is 2.31. The number of amidine groups is 1. The van der Waals surface area contributed by atoms with Crippen molar-refractivity contribution in [2.75, 3.05) is 26.5 Å². The number of aromatic nitrogens is 3. The first kappa shape index (κ1) is 16.8. The number of ether oxygens (including phenoxy) is 1. The molecule has 0 atom stereocenters. The summed E-state index contributed by atoms with van der Waals surface area (Å²) in [5.74, 6) is 0.310. The number of hydrogen-bond donors (Lipinski definition) is 0.